The lowest BCUT2D eigenvalue weighted by atomic mass is 9.70. The molecule has 0 aliphatic carbocycles. The van der Waals surface area contributed by atoms with E-state index in [4.69, 9.17) is 4.98 Å². The first-order chi connectivity index (χ1) is 12.2. The molecule has 1 aromatic carbocycles. The van der Waals surface area contributed by atoms with Crippen LogP contribution in [0.15, 0.2) is 47.4 Å². The Kier molecular flexibility index (Phi) is 4.39. The molecule has 128 valence electrons. The fourth-order valence-corrected chi connectivity index (χ4v) is 4.90. The van der Waals surface area contributed by atoms with Gasteiger partial charge in [0.25, 0.3) is 5.91 Å². The van der Waals surface area contributed by atoms with Crippen molar-refractivity contribution in [1.29, 1.82) is 0 Å². The molecule has 0 saturated carbocycles. The third-order valence-corrected chi connectivity index (χ3v) is 6.52. The van der Waals surface area contributed by atoms with Crippen LogP contribution in [0.5, 0.6) is 0 Å². The third-order valence-electron chi connectivity index (χ3n) is 4.98. The van der Waals surface area contributed by atoms with Crippen LogP contribution in [0.3, 0.4) is 0 Å². The maximum Gasteiger partial charge on any atom is 0.265 e. The molecule has 1 aliphatic rings. The van der Waals surface area contributed by atoms with Gasteiger partial charge in [-0.3, -0.25) is 9.78 Å². The monoisotopic (exact) mass is 369 g/mol. The lowest BCUT2D eigenvalue weighted by Gasteiger charge is -2.41. The van der Waals surface area contributed by atoms with Crippen LogP contribution in [0, 0.1) is 6.92 Å². The van der Waals surface area contributed by atoms with Crippen LogP contribution in [0.1, 0.15) is 38.8 Å². The highest BCUT2D eigenvalue weighted by molar-refractivity contribution is 7.11. The van der Waals surface area contributed by atoms with Crippen molar-refractivity contribution in [3.63, 3.8) is 0 Å². The number of nitrogens with zero attached hydrogens (tertiary/aromatic N) is 3. The second-order valence-electron chi connectivity index (χ2n) is 6.36. The van der Waals surface area contributed by atoms with Gasteiger partial charge in [-0.05, 0) is 25.3 Å². The zero-order valence-electron chi connectivity index (χ0n) is 14.0. The number of aryl methyl sites for hydroxylation is 1. The Labute approximate surface area is 155 Å². The zero-order valence-corrected chi connectivity index (χ0v) is 15.6. The summed E-state index contributed by atoms with van der Waals surface area (Å²) in [5, 5.41) is 3.27. The normalized spacial score (nSPS) is 16.8. The summed E-state index contributed by atoms with van der Waals surface area (Å²) < 4.78 is 0. The van der Waals surface area contributed by atoms with Crippen molar-refractivity contribution in [1.82, 2.24) is 14.9 Å². The van der Waals surface area contributed by atoms with Gasteiger partial charge < -0.3 is 4.90 Å². The van der Waals surface area contributed by atoms with Crippen LogP contribution >= 0.6 is 22.7 Å². The largest absolute Gasteiger partial charge is 0.338 e. The number of hydrogen-bond acceptors (Lipinski definition) is 5. The summed E-state index contributed by atoms with van der Waals surface area (Å²) in [6.45, 7) is 3.53. The molecule has 4 rings (SSSR count). The van der Waals surface area contributed by atoms with Crippen molar-refractivity contribution >= 4 is 28.6 Å². The highest BCUT2D eigenvalue weighted by atomic mass is 32.1. The predicted octanol–water partition coefficient (Wildman–Crippen LogP) is 4.13. The predicted molar refractivity (Wildman–Crippen MR) is 101 cm³/mol. The second kappa shape index (κ2) is 6.69. The number of rotatable bonds is 3. The lowest BCUT2D eigenvalue weighted by molar-refractivity contribution is 0.0688. The Morgan fingerprint density at radius 1 is 1.16 bits per heavy atom. The van der Waals surface area contributed by atoms with Gasteiger partial charge >= 0.3 is 0 Å². The fourth-order valence-electron chi connectivity index (χ4n) is 3.60. The summed E-state index contributed by atoms with van der Waals surface area (Å²) in [6, 6.07) is 10.6. The number of piperidine rings is 1. The molecule has 1 aliphatic heterocycles. The molecule has 0 bridgehead atoms. The van der Waals surface area contributed by atoms with Crippen molar-refractivity contribution < 1.29 is 4.79 Å². The van der Waals surface area contributed by atoms with E-state index in [9.17, 15) is 4.79 Å². The molecule has 3 aromatic rings. The first kappa shape index (κ1) is 16.4. The molecule has 4 nitrogen and oxygen atoms in total. The van der Waals surface area contributed by atoms with Gasteiger partial charge in [-0.2, -0.15) is 0 Å². The summed E-state index contributed by atoms with van der Waals surface area (Å²) in [4.78, 5) is 24.1. The second-order valence-corrected chi connectivity index (χ2v) is 8.31. The summed E-state index contributed by atoms with van der Waals surface area (Å²) in [5.74, 6) is 0.0959. The van der Waals surface area contributed by atoms with Gasteiger partial charge in [-0.15, -0.1) is 22.7 Å². The number of likely N-dealkylation sites (tertiary alicyclic amines) is 1. The molecule has 0 unspecified atom stereocenters. The molecule has 0 N–H and O–H groups in total. The van der Waals surface area contributed by atoms with E-state index in [-0.39, 0.29) is 11.3 Å². The molecule has 1 amide bonds. The molecule has 0 spiro atoms. The molecular formula is C19H19N3OS2. The number of carbonyl (C=O) groups is 1. The molecular weight excluding hydrogens is 350 g/mol. The van der Waals surface area contributed by atoms with Crippen molar-refractivity contribution in [2.75, 3.05) is 13.1 Å². The van der Waals surface area contributed by atoms with E-state index in [1.165, 1.54) is 16.9 Å². The fraction of sp³-hybridized carbons (Fsp3) is 0.316. The Morgan fingerprint density at radius 3 is 2.52 bits per heavy atom. The van der Waals surface area contributed by atoms with Crippen LogP contribution in [0.2, 0.25) is 0 Å². The molecule has 0 atom stereocenters. The number of benzene rings is 1. The van der Waals surface area contributed by atoms with E-state index >= 15 is 0 Å². The standard InChI is InChI=1S/C19H19N3OS2/c1-14-21-17(12-24-14)19(15-5-3-2-4-6-15)7-9-22(10-8-19)18(23)16-11-20-13-25-16/h2-6,11-13H,7-10H2,1H3. The minimum Gasteiger partial charge on any atom is -0.338 e. The molecule has 1 fully saturated rings. The number of carbonyl (C=O) groups excluding carboxylic acids is 1. The van der Waals surface area contributed by atoms with E-state index in [1.54, 1.807) is 23.0 Å². The zero-order chi connectivity index (χ0) is 17.3. The van der Waals surface area contributed by atoms with E-state index < -0.39 is 0 Å². The topological polar surface area (TPSA) is 46.1 Å². The Morgan fingerprint density at radius 2 is 1.92 bits per heavy atom. The van der Waals surface area contributed by atoms with Crippen LogP contribution in [0.4, 0.5) is 0 Å². The first-order valence-corrected chi connectivity index (χ1v) is 10.1. The van der Waals surface area contributed by atoms with Crippen molar-refractivity contribution in [2.24, 2.45) is 0 Å². The van der Waals surface area contributed by atoms with Gasteiger partial charge in [-0.25, -0.2) is 4.98 Å². The van der Waals surface area contributed by atoms with E-state index in [1.807, 2.05) is 11.0 Å². The molecule has 6 heteroatoms. The number of amides is 1. The van der Waals surface area contributed by atoms with Gasteiger partial charge in [0.05, 0.1) is 22.4 Å². The van der Waals surface area contributed by atoms with Gasteiger partial charge in [0.15, 0.2) is 0 Å². The van der Waals surface area contributed by atoms with Crippen LogP contribution in [-0.2, 0) is 5.41 Å². The van der Waals surface area contributed by atoms with Crippen LogP contribution < -0.4 is 0 Å². The third kappa shape index (κ3) is 3.00. The highest BCUT2D eigenvalue weighted by Crippen LogP contribution is 2.42. The summed E-state index contributed by atoms with van der Waals surface area (Å²) in [5.41, 5.74) is 4.05. The van der Waals surface area contributed by atoms with Crippen molar-refractivity contribution in [2.45, 2.75) is 25.2 Å². The van der Waals surface area contributed by atoms with Gasteiger partial charge in [0.1, 0.15) is 4.88 Å². The minimum absolute atomic E-state index is 0.0959. The number of thiazole rings is 2. The van der Waals surface area contributed by atoms with Crippen LogP contribution in [-0.4, -0.2) is 33.9 Å². The summed E-state index contributed by atoms with van der Waals surface area (Å²) in [7, 11) is 0. The van der Waals surface area contributed by atoms with Gasteiger partial charge in [-0.1, -0.05) is 30.3 Å². The maximum atomic E-state index is 12.6. The molecule has 1 saturated heterocycles. The molecule has 0 radical (unpaired) electrons. The average Bonchev–Trinajstić information content (AvgIpc) is 3.34. The van der Waals surface area contributed by atoms with Gasteiger partial charge in [0.2, 0.25) is 0 Å². The highest BCUT2D eigenvalue weighted by Gasteiger charge is 2.40. The van der Waals surface area contributed by atoms with E-state index in [2.05, 4.69) is 41.6 Å². The minimum atomic E-state index is -0.101. The molecule has 2 aromatic heterocycles. The van der Waals surface area contributed by atoms with E-state index in [0.29, 0.717) is 0 Å². The molecule has 3 heterocycles. The lowest BCUT2D eigenvalue weighted by Crippen LogP contribution is -2.45. The van der Waals surface area contributed by atoms with E-state index in [0.717, 1.165) is 41.5 Å². The Hall–Kier alpha value is -2.05. The molecule has 25 heavy (non-hydrogen) atoms. The number of aromatic nitrogens is 2. The van der Waals surface area contributed by atoms with Crippen LogP contribution in [0.25, 0.3) is 0 Å². The summed E-state index contributed by atoms with van der Waals surface area (Å²) >= 11 is 3.11. The van der Waals surface area contributed by atoms with Gasteiger partial charge in [0, 0.05) is 23.9 Å². The summed E-state index contributed by atoms with van der Waals surface area (Å²) in [6.07, 6.45) is 3.45. The van der Waals surface area contributed by atoms with Crippen molar-refractivity contribution in [3.8, 4) is 0 Å². The first-order valence-electron chi connectivity index (χ1n) is 8.35. The van der Waals surface area contributed by atoms with Crippen molar-refractivity contribution in [3.05, 3.63) is 68.6 Å². The average molecular weight is 370 g/mol. The number of hydrogen-bond donors (Lipinski definition) is 0. The maximum absolute atomic E-state index is 12.6. The SMILES string of the molecule is Cc1nc(C2(c3ccccc3)CCN(C(=O)c3cncs3)CC2)cs1. The smallest absolute Gasteiger partial charge is 0.265 e. The Bertz CT molecular complexity index is 850. The Balaban J connectivity index is 1.63. The quantitative estimate of drug-likeness (QED) is 0.697.